The molecule has 4 aromatic heterocycles. The lowest BCUT2D eigenvalue weighted by Gasteiger charge is -2.12. The van der Waals surface area contributed by atoms with E-state index >= 15 is 0 Å². The van der Waals surface area contributed by atoms with Gasteiger partial charge in [0.25, 0.3) is 0 Å². The molecule has 270 valence electrons. The third-order valence-electron chi connectivity index (χ3n) is 12.1. The highest BCUT2D eigenvalue weighted by molar-refractivity contribution is 6.15. The van der Waals surface area contributed by atoms with Crippen molar-refractivity contribution >= 4 is 87.5 Å². The summed E-state index contributed by atoms with van der Waals surface area (Å²) in [6.07, 6.45) is 0. The van der Waals surface area contributed by atoms with Gasteiger partial charge < -0.3 is 18.0 Å². The molecule has 0 amide bonds. The van der Waals surface area contributed by atoms with Gasteiger partial charge in [0.15, 0.2) is 0 Å². The average Bonchev–Trinajstić information content (AvgIpc) is 4.04. The van der Waals surface area contributed by atoms with Crippen LogP contribution in [0.15, 0.2) is 203 Å². The number of para-hydroxylation sites is 6. The normalized spacial score (nSPS) is 12.1. The maximum Gasteiger partial charge on any atom is 0.143 e. The fraction of sp³-hybridized carbons (Fsp3) is 0. The van der Waals surface area contributed by atoms with Gasteiger partial charge >= 0.3 is 0 Å². The smallest absolute Gasteiger partial charge is 0.143 e. The largest absolute Gasteiger partial charge is 0.455 e. The summed E-state index contributed by atoms with van der Waals surface area (Å²) in [7, 11) is 0. The summed E-state index contributed by atoms with van der Waals surface area (Å²) >= 11 is 0. The maximum atomic E-state index is 6.76. The van der Waals surface area contributed by atoms with Crippen molar-refractivity contribution in [2.45, 2.75) is 0 Å². The Hall–Kier alpha value is -7.82. The van der Waals surface area contributed by atoms with Crippen molar-refractivity contribution in [3.8, 4) is 33.6 Å². The van der Waals surface area contributed by atoms with E-state index in [9.17, 15) is 0 Å². The van der Waals surface area contributed by atoms with Crippen molar-refractivity contribution in [1.29, 1.82) is 0 Å². The van der Waals surface area contributed by atoms with Gasteiger partial charge in [-0.1, -0.05) is 127 Å². The maximum absolute atomic E-state index is 6.76. The second kappa shape index (κ2) is 11.8. The molecule has 0 fully saturated rings. The van der Waals surface area contributed by atoms with Crippen LogP contribution < -0.4 is 0 Å². The van der Waals surface area contributed by atoms with E-state index in [0.717, 1.165) is 77.5 Å². The first-order chi connectivity index (χ1) is 28.8. The molecular weight excluding hydrogens is 709 g/mol. The number of aromatic nitrogens is 2. The molecule has 0 aliphatic heterocycles. The molecule has 0 spiro atoms. The summed E-state index contributed by atoms with van der Waals surface area (Å²) < 4.78 is 18.2. The summed E-state index contributed by atoms with van der Waals surface area (Å²) in [5.41, 5.74) is 14.7. The van der Waals surface area contributed by atoms with Crippen molar-refractivity contribution in [3.63, 3.8) is 0 Å². The number of nitrogens with zero attached hydrogens (tertiary/aromatic N) is 2. The molecule has 0 unspecified atom stereocenters. The van der Waals surface area contributed by atoms with E-state index in [0.29, 0.717) is 0 Å². The Bertz CT molecular complexity index is 3710. The number of hydrogen-bond acceptors (Lipinski definition) is 2. The molecule has 13 aromatic rings. The summed E-state index contributed by atoms with van der Waals surface area (Å²) in [4.78, 5) is 0. The zero-order valence-corrected chi connectivity index (χ0v) is 31.2. The van der Waals surface area contributed by atoms with Gasteiger partial charge in [-0.2, -0.15) is 0 Å². The molecule has 0 atom stereocenters. The zero-order valence-electron chi connectivity index (χ0n) is 31.2. The second-order valence-electron chi connectivity index (χ2n) is 15.3. The molecule has 0 bridgehead atoms. The van der Waals surface area contributed by atoms with Crippen LogP contribution in [0, 0.1) is 0 Å². The van der Waals surface area contributed by atoms with Crippen LogP contribution in [0.1, 0.15) is 0 Å². The molecule has 0 radical (unpaired) electrons. The van der Waals surface area contributed by atoms with Crippen molar-refractivity contribution in [2.75, 3.05) is 0 Å². The Morgan fingerprint density at radius 2 is 0.741 bits per heavy atom. The number of furan rings is 2. The Balaban J connectivity index is 1.00. The van der Waals surface area contributed by atoms with E-state index < -0.39 is 0 Å². The Morgan fingerprint density at radius 3 is 1.38 bits per heavy atom. The van der Waals surface area contributed by atoms with E-state index in [1.165, 1.54) is 43.6 Å². The first kappa shape index (κ1) is 31.4. The summed E-state index contributed by atoms with van der Waals surface area (Å²) in [6.45, 7) is 0. The topological polar surface area (TPSA) is 36.1 Å². The lowest BCUT2D eigenvalue weighted by atomic mass is 9.96. The van der Waals surface area contributed by atoms with Gasteiger partial charge in [-0.15, -0.1) is 0 Å². The van der Waals surface area contributed by atoms with Gasteiger partial charge in [0.2, 0.25) is 0 Å². The lowest BCUT2D eigenvalue weighted by Crippen LogP contribution is -1.95. The monoisotopic (exact) mass is 740 g/mol. The van der Waals surface area contributed by atoms with Crippen molar-refractivity contribution in [2.24, 2.45) is 0 Å². The fourth-order valence-corrected chi connectivity index (χ4v) is 9.56. The van der Waals surface area contributed by atoms with E-state index in [1.807, 2.05) is 6.07 Å². The van der Waals surface area contributed by atoms with Crippen molar-refractivity contribution < 1.29 is 8.83 Å². The Morgan fingerprint density at radius 1 is 0.276 bits per heavy atom. The van der Waals surface area contributed by atoms with Crippen LogP contribution in [-0.4, -0.2) is 9.13 Å². The Kier molecular flexibility index (Phi) is 6.41. The zero-order chi connectivity index (χ0) is 37.9. The van der Waals surface area contributed by atoms with Gasteiger partial charge in [0.05, 0.1) is 22.1 Å². The molecule has 0 saturated heterocycles. The van der Waals surface area contributed by atoms with Crippen LogP contribution in [-0.2, 0) is 0 Å². The fourth-order valence-electron chi connectivity index (χ4n) is 9.56. The van der Waals surface area contributed by atoms with Crippen molar-refractivity contribution in [1.82, 2.24) is 9.13 Å². The third-order valence-corrected chi connectivity index (χ3v) is 12.1. The predicted molar refractivity (Wildman–Crippen MR) is 241 cm³/mol. The summed E-state index contributed by atoms with van der Waals surface area (Å²) in [5.74, 6) is 0. The quantitative estimate of drug-likeness (QED) is 0.180. The standard InChI is InChI=1S/C54H32N2O2/c1-6-22-47-38(15-1)39-16-2-7-23-48(39)55(47)35-27-28-52-45(30-35)43-21-12-20-37(53(43)58-52)33-13-11-14-34(29-33)44-31-36(32-46-42-19-5-10-26-51(42)57-54(44)46)56-49-24-8-3-17-40(49)41-18-4-9-25-50(41)56/h1-32H. The van der Waals surface area contributed by atoms with E-state index in [-0.39, 0.29) is 0 Å². The lowest BCUT2D eigenvalue weighted by molar-refractivity contribution is 0.670. The highest BCUT2D eigenvalue weighted by Crippen LogP contribution is 2.43. The Labute approximate surface area is 332 Å². The number of hydrogen-bond donors (Lipinski definition) is 0. The minimum absolute atomic E-state index is 0.867. The van der Waals surface area contributed by atoms with Crippen LogP contribution in [0.3, 0.4) is 0 Å². The average molecular weight is 741 g/mol. The SMILES string of the molecule is c1cc(-c2cccc3c2oc2ccc(-n4c5ccccc5c5ccccc54)cc23)cc(-c2cc(-n3c4ccccc4c4ccccc43)cc3c2oc2ccccc23)c1. The summed E-state index contributed by atoms with van der Waals surface area (Å²) in [5, 5.41) is 9.35. The molecule has 58 heavy (non-hydrogen) atoms. The van der Waals surface area contributed by atoms with Crippen LogP contribution in [0.2, 0.25) is 0 Å². The molecule has 9 aromatic carbocycles. The first-order valence-corrected chi connectivity index (χ1v) is 19.8. The third kappa shape index (κ3) is 4.40. The molecule has 13 rings (SSSR count). The molecule has 0 N–H and O–H groups in total. The van der Waals surface area contributed by atoms with E-state index in [1.54, 1.807) is 0 Å². The van der Waals surface area contributed by atoms with Crippen LogP contribution in [0.5, 0.6) is 0 Å². The van der Waals surface area contributed by atoms with E-state index in [2.05, 4.69) is 197 Å². The highest BCUT2D eigenvalue weighted by atomic mass is 16.3. The van der Waals surface area contributed by atoms with Gasteiger partial charge in [-0.25, -0.2) is 0 Å². The number of benzene rings is 9. The molecule has 4 nitrogen and oxygen atoms in total. The minimum atomic E-state index is 0.867. The van der Waals surface area contributed by atoms with Crippen LogP contribution in [0.25, 0.3) is 121 Å². The highest BCUT2D eigenvalue weighted by Gasteiger charge is 2.20. The molecule has 4 heteroatoms. The first-order valence-electron chi connectivity index (χ1n) is 19.8. The van der Waals surface area contributed by atoms with Crippen molar-refractivity contribution in [3.05, 3.63) is 194 Å². The summed E-state index contributed by atoms with van der Waals surface area (Å²) in [6, 6.07) is 69.4. The van der Waals surface area contributed by atoms with Gasteiger partial charge in [0, 0.05) is 65.6 Å². The number of rotatable bonds is 4. The van der Waals surface area contributed by atoms with E-state index in [4.69, 9.17) is 8.83 Å². The molecule has 0 saturated carbocycles. The molecule has 0 aliphatic carbocycles. The predicted octanol–water partition coefficient (Wildman–Crippen LogP) is 15.0. The minimum Gasteiger partial charge on any atom is -0.455 e. The second-order valence-corrected chi connectivity index (χ2v) is 15.3. The van der Waals surface area contributed by atoms with Crippen LogP contribution in [0.4, 0.5) is 0 Å². The molecular formula is C54H32N2O2. The molecule has 4 heterocycles. The molecule has 0 aliphatic rings. The van der Waals surface area contributed by atoms with Crippen LogP contribution >= 0.6 is 0 Å². The number of fused-ring (bicyclic) bond motifs is 12. The van der Waals surface area contributed by atoms with Gasteiger partial charge in [-0.05, 0) is 77.9 Å². The van der Waals surface area contributed by atoms with Gasteiger partial charge in [0.1, 0.15) is 22.3 Å². The van der Waals surface area contributed by atoms with Gasteiger partial charge in [-0.3, -0.25) is 0 Å².